The van der Waals surface area contributed by atoms with Crippen molar-refractivity contribution in [2.75, 3.05) is 13.2 Å². The summed E-state index contributed by atoms with van der Waals surface area (Å²) >= 11 is 0. The molecule has 0 atom stereocenters. The van der Waals surface area contributed by atoms with E-state index in [1.165, 1.54) is 12.8 Å². The highest BCUT2D eigenvalue weighted by Crippen LogP contribution is 2.04. The van der Waals surface area contributed by atoms with Gasteiger partial charge < -0.3 is 5.32 Å². The van der Waals surface area contributed by atoms with Crippen molar-refractivity contribution in [1.82, 2.24) is 5.32 Å². The number of amides is 1. The topological polar surface area (TPSA) is 92.7 Å². The van der Waals surface area contributed by atoms with Gasteiger partial charge >= 0.3 is 10.4 Å². The van der Waals surface area contributed by atoms with Crippen LogP contribution in [0, 0.1) is 0 Å². The van der Waals surface area contributed by atoms with E-state index in [-0.39, 0.29) is 19.1 Å². The van der Waals surface area contributed by atoms with E-state index in [0.29, 0.717) is 6.42 Å². The van der Waals surface area contributed by atoms with Gasteiger partial charge in [-0.2, -0.15) is 8.42 Å². The Bertz CT molecular complexity index is 302. The molecule has 2 N–H and O–H groups in total. The number of rotatable bonds is 10. The molecule has 0 aliphatic carbocycles. The molecular weight excluding hydrogens is 246 g/mol. The van der Waals surface area contributed by atoms with Crippen molar-refractivity contribution in [1.29, 1.82) is 0 Å². The van der Waals surface area contributed by atoms with Gasteiger partial charge in [-0.25, -0.2) is 4.18 Å². The Hall–Kier alpha value is -0.660. The molecule has 0 saturated heterocycles. The van der Waals surface area contributed by atoms with E-state index >= 15 is 0 Å². The number of carbonyl (C=O) groups excluding carboxylic acids is 1. The molecule has 0 saturated carbocycles. The molecule has 17 heavy (non-hydrogen) atoms. The van der Waals surface area contributed by atoms with Gasteiger partial charge in [-0.1, -0.05) is 32.6 Å². The molecule has 7 heteroatoms. The second kappa shape index (κ2) is 9.38. The summed E-state index contributed by atoms with van der Waals surface area (Å²) in [7, 11) is -4.40. The lowest BCUT2D eigenvalue weighted by Gasteiger charge is -2.04. The summed E-state index contributed by atoms with van der Waals surface area (Å²) in [5, 5.41) is 2.51. The van der Waals surface area contributed by atoms with Gasteiger partial charge in [0.1, 0.15) is 0 Å². The van der Waals surface area contributed by atoms with E-state index in [4.69, 9.17) is 4.55 Å². The minimum atomic E-state index is -4.40. The van der Waals surface area contributed by atoms with Gasteiger partial charge in [-0.3, -0.25) is 9.35 Å². The van der Waals surface area contributed by atoms with E-state index in [1.807, 2.05) is 0 Å². The highest BCUT2D eigenvalue weighted by Gasteiger charge is 2.04. The van der Waals surface area contributed by atoms with Crippen molar-refractivity contribution in [3.05, 3.63) is 0 Å². The van der Waals surface area contributed by atoms with Gasteiger partial charge in [0.05, 0.1) is 6.61 Å². The highest BCUT2D eigenvalue weighted by atomic mass is 32.3. The third kappa shape index (κ3) is 13.3. The molecule has 0 aliphatic heterocycles. The van der Waals surface area contributed by atoms with E-state index in [0.717, 1.165) is 19.3 Å². The van der Waals surface area contributed by atoms with Crippen LogP contribution in [0.2, 0.25) is 0 Å². The Morgan fingerprint density at radius 1 is 1.24 bits per heavy atom. The smallest absolute Gasteiger partial charge is 0.354 e. The van der Waals surface area contributed by atoms with Crippen molar-refractivity contribution in [3.8, 4) is 0 Å². The molecule has 0 spiro atoms. The number of hydrogen-bond acceptors (Lipinski definition) is 4. The van der Waals surface area contributed by atoms with Crippen molar-refractivity contribution in [2.45, 2.75) is 45.4 Å². The van der Waals surface area contributed by atoms with Crippen LogP contribution in [0.4, 0.5) is 0 Å². The average Bonchev–Trinajstić information content (AvgIpc) is 2.23. The van der Waals surface area contributed by atoms with Crippen LogP contribution in [0.3, 0.4) is 0 Å². The molecule has 0 radical (unpaired) electrons. The first kappa shape index (κ1) is 16.3. The summed E-state index contributed by atoms with van der Waals surface area (Å²) in [6, 6.07) is 0. The number of unbranched alkanes of at least 4 members (excludes halogenated alkanes) is 4. The zero-order valence-electron chi connectivity index (χ0n) is 10.1. The molecule has 0 fully saturated rings. The molecule has 0 rings (SSSR count). The quantitative estimate of drug-likeness (QED) is 0.459. The SMILES string of the molecule is CCCCCCCC(=O)NCCOS(=O)(=O)O. The third-order valence-corrected chi connectivity index (χ3v) is 2.63. The predicted octanol–water partition coefficient (Wildman–Crippen LogP) is 1.28. The first-order valence-corrected chi connectivity index (χ1v) is 7.20. The lowest BCUT2D eigenvalue weighted by molar-refractivity contribution is -0.121. The molecule has 0 unspecified atom stereocenters. The Labute approximate surface area is 103 Å². The van der Waals surface area contributed by atoms with Crippen molar-refractivity contribution in [3.63, 3.8) is 0 Å². The van der Waals surface area contributed by atoms with Crippen molar-refractivity contribution in [2.24, 2.45) is 0 Å². The van der Waals surface area contributed by atoms with Crippen molar-refractivity contribution < 1.29 is 21.9 Å². The largest absolute Gasteiger partial charge is 0.397 e. The maximum absolute atomic E-state index is 11.2. The van der Waals surface area contributed by atoms with Crippen LogP contribution in [0.5, 0.6) is 0 Å². The molecule has 102 valence electrons. The molecule has 1 amide bonds. The lowest BCUT2D eigenvalue weighted by atomic mass is 10.1. The second-order valence-corrected chi connectivity index (χ2v) is 4.86. The van der Waals surface area contributed by atoms with Crippen LogP contribution < -0.4 is 5.32 Å². The standard InChI is InChI=1S/C10H21NO5S/c1-2-3-4-5-6-7-10(12)11-8-9-16-17(13,14)15/h2-9H2,1H3,(H,11,12)(H,13,14,15). The zero-order chi connectivity index (χ0) is 13.1. The fourth-order valence-electron chi connectivity index (χ4n) is 1.31. The molecule has 0 heterocycles. The number of carbonyl (C=O) groups is 1. The van der Waals surface area contributed by atoms with Gasteiger partial charge in [0, 0.05) is 13.0 Å². The molecular formula is C10H21NO5S. The third-order valence-electron chi connectivity index (χ3n) is 2.16. The van der Waals surface area contributed by atoms with Crippen LogP contribution in [0.25, 0.3) is 0 Å². The molecule has 6 nitrogen and oxygen atoms in total. The maximum Gasteiger partial charge on any atom is 0.397 e. The fourth-order valence-corrected chi connectivity index (χ4v) is 1.61. The Kier molecular flexibility index (Phi) is 9.01. The Morgan fingerprint density at radius 2 is 1.88 bits per heavy atom. The minimum Gasteiger partial charge on any atom is -0.354 e. The van der Waals surface area contributed by atoms with Gasteiger partial charge in [0.2, 0.25) is 5.91 Å². The second-order valence-electron chi connectivity index (χ2n) is 3.76. The normalized spacial score (nSPS) is 11.4. The Balaban J connectivity index is 3.35. The number of hydrogen-bond donors (Lipinski definition) is 2. The molecule has 0 aromatic heterocycles. The lowest BCUT2D eigenvalue weighted by Crippen LogP contribution is -2.27. The molecule has 0 aromatic rings. The van der Waals surface area contributed by atoms with Crippen LogP contribution in [0.15, 0.2) is 0 Å². The first-order chi connectivity index (χ1) is 7.95. The molecule has 0 aliphatic rings. The average molecular weight is 267 g/mol. The molecule has 0 bridgehead atoms. The summed E-state index contributed by atoms with van der Waals surface area (Å²) in [6.07, 6.45) is 5.79. The highest BCUT2D eigenvalue weighted by molar-refractivity contribution is 7.80. The Morgan fingerprint density at radius 3 is 2.47 bits per heavy atom. The van der Waals surface area contributed by atoms with E-state index in [9.17, 15) is 13.2 Å². The summed E-state index contributed by atoms with van der Waals surface area (Å²) in [5.41, 5.74) is 0. The summed E-state index contributed by atoms with van der Waals surface area (Å²) in [5.74, 6) is -0.125. The van der Waals surface area contributed by atoms with E-state index < -0.39 is 10.4 Å². The minimum absolute atomic E-state index is 0.0770. The van der Waals surface area contributed by atoms with Gasteiger partial charge in [0.25, 0.3) is 0 Å². The van der Waals surface area contributed by atoms with Crippen LogP contribution in [0.1, 0.15) is 45.4 Å². The fraction of sp³-hybridized carbons (Fsp3) is 0.900. The molecule has 0 aromatic carbocycles. The van der Waals surface area contributed by atoms with Gasteiger partial charge in [0.15, 0.2) is 0 Å². The maximum atomic E-state index is 11.2. The monoisotopic (exact) mass is 267 g/mol. The summed E-state index contributed by atoms with van der Waals surface area (Å²) in [6.45, 7) is 1.95. The van der Waals surface area contributed by atoms with E-state index in [1.54, 1.807) is 0 Å². The van der Waals surface area contributed by atoms with Crippen LogP contribution in [-0.4, -0.2) is 32.0 Å². The summed E-state index contributed by atoms with van der Waals surface area (Å²) in [4.78, 5) is 11.2. The zero-order valence-corrected chi connectivity index (χ0v) is 11.0. The van der Waals surface area contributed by atoms with Crippen LogP contribution in [-0.2, 0) is 19.4 Å². The van der Waals surface area contributed by atoms with Crippen LogP contribution >= 0.6 is 0 Å². The predicted molar refractivity (Wildman–Crippen MR) is 63.9 cm³/mol. The first-order valence-electron chi connectivity index (χ1n) is 5.84. The van der Waals surface area contributed by atoms with Gasteiger partial charge in [-0.15, -0.1) is 0 Å². The van der Waals surface area contributed by atoms with Crippen molar-refractivity contribution >= 4 is 16.3 Å². The van der Waals surface area contributed by atoms with E-state index in [2.05, 4.69) is 16.4 Å². The number of nitrogens with one attached hydrogen (secondary N) is 1. The van der Waals surface area contributed by atoms with Gasteiger partial charge in [-0.05, 0) is 6.42 Å². The summed E-state index contributed by atoms with van der Waals surface area (Å²) < 4.78 is 32.6.